The summed E-state index contributed by atoms with van der Waals surface area (Å²) in [7, 11) is 4.63. The smallest absolute Gasteiger partial charge is 0.126 e. The van der Waals surface area contributed by atoms with E-state index < -0.39 is 0 Å². The van der Waals surface area contributed by atoms with Crippen molar-refractivity contribution in [3.05, 3.63) is 23.5 Å². The normalized spacial score (nSPS) is 10.3. The predicted octanol–water partition coefficient (Wildman–Crippen LogP) is 0.191. The van der Waals surface area contributed by atoms with Crippen molar-refractivity contribution in [2.45, 2.75) is 6.92 Å². The number of nitrogens with zero attached hydrogens (tertiary/aromatic N) is 1. The van der Waals surface area contributed by atoms with Crippen LogP contribution in [0.5, 0.6) is 0 Å². The van der Waals surface area contributed by atoms with Crippen molar-refractivity contribution in [2.75, 3.05) is 19.0 Å². The molecule has 0 atom stereocenters. The van der Waals surface area contributed by atoms with Gasteiger partial charge in [-0.2, -0.15) is 0 Å². The van der Waals surface area contributed by atoms with Crippen molar-refractivity contribution in [1.29, 1.82) is 0 Å². The lowest BCUT2D eigenvalue weighted by atomic mass is 10.2. The molecule has 3 heteroatoms. The zero-order valence-corrected chi connectivity index (χ0v) is 9.98. The molecule has 0 aromatic heterocycles. The van der Waals surface area contributed by atoms with Gasteiger partial charge in [-0.1, -0.05) is 6.07 Å². The van der Waals surface area contributed by atoms with Crippen LogP contribution in [-0.2, 0) is 0 Å². The Morgan fingerprint density at radius 3 is 2.42 bits per heavy atom. The summed E-state index contributed by atoms with van der Waals surface area (Å²) in [6.07, 6.45) is 0. The molecule has 12 heavy (non-hydrogen) atoms. The molecule has 0 aliphatic rings. The third kappa shape index (κ3) is 1.50. The lowest BCUT2D eigenvalue weighted by Crippen LogP contribution is -2.16. The molecule has 0 unspecified atom stereocenters. The molecule has 0 aliphatic carbocycles. The fraction of sp³-hybridized carbons (Fsp3) is 0.333. The Balaban J connectivity index is 3.27. The highest BCUT2D eigenvalue weighted by Gasteiger charge is 2.07. The van der Waals surface area contributed by atoms with E-state index >= 15 is 0 Å². The Kier molecular flexibility index (Phi) is 2.52. The molecule has 0 N–H and O–H groups in total. The summed E-state index contributed by atoms with van der Waals surface area (Å²) < 4.78 is 13.4. The van der Waals surface area contributed by atoms with E-state index in [4.69, 9.17) is 0 Å². The minimum atomic E-state index is -0.0344. The molecule has 0 bridgehead atoms. The summed E-state index contributed by atoms with van der Waals surface area (Å²) in [6, 6.07) is 3.84. The molecule has 1 aromatic carbocycles. The maximum absolute atomic E-state index is 13.4. The Morgan fingerprint density at radius 2 is 1.92 bits per heavy atom. The zero-order valence-electron chi connectivity index (χ0n) is 7.98. The van der Waals surface area contributed by atoms with Crippen LogP contribution in [0.15, 0.2) is 12.1 Å². The molecular weight excluding hydrogens is 169 g/mol. The summed E-state index contributed by atoms with van der Waals surface area (Å²) in [6.45, 7) is 1.83. The van der Waals surface area contributed by atoms with Crippen molar-refractivity contribution < 1.29 is 4.39 Å². The van der Waals surface area contributed by atoms with E-state index in [0.29, 0.717) is 0 Å². The van der Waals surface area contributed by atoms with Gasteiger partial charge in [0.2, 0.25) is 0 Å². The molecular formula is C9H14FNSi. The second kappa shape index (κ2) is 3.27. The molecule has 0 heterocycles. The average molecular weight is 183 g/mol. The number of benzene rings is 1. The van der Waals surface area contributed by atoms with E-state index in [9.17, 15) is 4.39 Å². The first-order valence-electron chi connectivity index (χ1n) is 3.97. The van der Waals surface area contributed by atoms with Crippen LogP contribution in [0.2, 0.25) is 0 Å². The lowest BCUT2D eigenvalue weighted by molar-refractivity contribution is 0.626. The third-order valence-electron chi connectivity index (χ3n) is 2.03. The van der Waals surface area contributed by atoms with Crippen LogP contribution in [0.3, 0.4) is 0 Å². The zero-order chi connectivity index (χ0) is 9.30. The molecule has 0 amide bonds. The van der Waals surface area contributed by atoms with Crippen LogP contribution in [0.25, 0.3) is 0 Å². The quantitative estimate of drug-likeness (QED) is 0.562. The van der Waals surface area contributed by atoms with Gasteiger partial charge in [0, 0.05) is 35.6 Å². The highest BCUT2D eigenvalue weighted by molar-refractivity contribution is 6.32. The van der Waals surface area contributed by atoms with E-state index in [2.05, 4.69) is 0 Å². The van der Waals surface area contributed by atoms with Crippen LogP contribution in [-0.4, -0.2) is 24.3 Å². The molecule has 0 saturated heterocycles. The Labute approximate surface area is 75.6 Å². The first-order chi connectivity index (χ1) is 5.54. The third-order valence-corrected chi connectivity index (χ3v) is 2.80. The van der Waals surface area contributed by atoms with Crippen molar-refractivity contribution in [2.24, 2.45) is 0 Å². The van der Waals surface area contributed by atoms with Crippen molar-refractivity contribution in [3.8, 4) is 0 Å². The van der Waals surface area contributed by atoms with E-state index in [1.54, 1.807) is 0 Å². The van der Waals surface area contributed by atoms with Crippen LogP contribution >= 0.6 is 0 Å². The Bertz CT molecular complexity index is 297. The van der Waals surface area contributed by atoms with Crippen LogP contribution in [0.1, 0.15) is 5.56 Å². The van der Waals surface area contributed by atoms with E-state index in [0.717, 1.165) is 26.7 Å². The molecule has 66 valence electrons. The van der Waals surface area contributed by atoms with Crippen LogP contribution in [0, 0.1) is 12.7 Å². The first kappa shape index (κ1) is 9.26. The molecule has 1 nitrogen and oxygen atoms in total. The van der Waals surface area contributed by atoms with Gasteiger partial charge in [0.1, 0.15) is 5.82 Å². The molecule has 0 spiro atoms. The van der Waals surface area contributed by atoms with Crippen molar-refractivity contribution in [1.82, 2.24) is 0 Å². The van der Waals surface area contributed by atoms with Crippen LogP contribution < -0.4 is 10.1 Å². The lowest BCUT2D eigenvalue weighted by Gasteiger charge is -2.16. The number of anilines is 1. The van der Waals surface area contributed by atoms with Gasteiger partial charge in [-0.3, -0.25) is 0 Å². The van der Waals surface area contributed by atoms with Gasteiger partial charge >= 0.3 is 0 Å². The molecule has 1 rings (SSSR count). The molecule has 1 aromatic rings. The van der Waals surface area contributed by atoms with E-state index in [-0.39, 0.29) is 5.82 Å². The molecule has 0 aliphatic heterocycles. The topological polar surface area (TPSA) is 3.24 Å². The van der Waals surface area contributed by atoms with Gasteiger partial charge in [0.05, 0.1) is 0 Å². The van der Waals surface area contributed by atoms with Crippen molar-refractivity contribution >= 4 is 21.1 Å². The van der Waals surface area contributed by atoms with Gasteiger partial charge in [0.15, 0.2) is 0 Å². The summed E-state index contributed by atoms with van der Waals surface area (Å²) >= 11 is 0. The number of hydrogen-bond acceptors (Lipinski definition) is 1. The van der Waals surface area contributed by atoms with Gasteiger partial charge in [-0.25, -0.2) is 4.39 Å². The monoisotopic (exact) mass is 183 g/mol. The molecule has 0 saturated carbocycles. The second-order valence-corrected chi connectivity index (χ2v) is 4.31. The van der Waals surface area contributed by atoms with Gasteiger partial charge in [0.25, 0.3) is 0 Å². The van der Waals surface area contributed by atoms with Gasteiger partial charge in [-0.05, 0) is 18.2 Å². The SMILES string of the molecule is Cc1c(N(C)C)ccc([SiH3])c1F. The molecule has 0 fully saturated rings. The second-order valence-electron chi connectivity index (χ2n) is 3.23. The van der Waals surface area contributed by atoms with Gasteiger partial charge in [-0.15, -0.1) is 0 Å². The molecule has 0 radical (unpaired) electrons. The summed E-state index contributed by atoms with van der Waals surface area (Å²) in [5.74, 6) is -0.0344. The standard InChI is InChI=1S/C9H14FNSi/c1-6-7(11(2)3)4-5-8(12)9(6)10/h4-5H,1-3,12H3. The van der Waals surface area contributed by atoms with E-state index in [1.165, 1.54) is 0 Å². The number of hydrogen-bond donors (Lipinski definition) is 0. The largest absolute Gasteiger partial charge is 0.377 e. The fourth-order valence-electron chi connectivity index (χ4n) is 1.29. The van der Waals surface area contributed by atoms with Crippen molar-refractivity contribution in [3.63, 3.8) is 0 Å². The summed E-state index contributed by atoms with van der Waals surface area (Å²) in [5.41, 5.74) is 1.72. The van der Waals surface area contributed by atoms with Crippen LogP contribution in [0.4, 0.5) is 10.1 Å². The fourth-order valence-corrected chi connectivity index (χ4v) is 1.84. The van der Waals surface area contributed by atoms with Gasteiger partial charge < -0.3 is 4.90 Å². The minimum absolute atomic E-state index is 0.0344. The number of rotatable bonds is 1. The maximum atomic E-state index is 13.4. The summed E-state index contributed by atoms with van der Waals surface area (Å²) in [5, 5.41) is 0.845. The Morgan fingerprint density at radius 1 is 1.33 bits per heavy atom. The average Bonchev–Trinajstić information content (AvgIpc) is 2.00. The predicted molar refractivity (Wildman–Crippen MR) is 55.0 cm³/mol. The summed E-state index contributed by atoms with van der Waals surface area (Å²) in [4.78, 5) is 1.93. The minimum Gasteiger partial charge on any atom is -0.377 e. The highest BCUT2D eigenvalue weighted by Crippen LogP contribution is 2.17. The maximum Gasteiger partial charge on any atom is 0.126 e. The Hall–Kier alpha value is -0.833. The number of halogens is 1. The first-order valence-corrected chi connectivity index (χ1v) is 4.97. The highest BCUT2D eigenvalue weighted by atomic mass is 28.1. The van der Waals surface area contributed by atoms with E-state index in [1.807, 2.05) is 38.1 Å².